The fourth-order valence-corrected chi connectivity index (χ4v) is 3.01. The van der Waals surface area contributed by atoms with Crippen molar-refractivity contribution in [1.82, 2.24) is 9.80 Å². The number of nitriles is 1. The molecule has 0 bridgehead atoms. The van der Waals surface area contributed by atoms with Crippen molar-refractivity contribution in [2.45, 2.75) is 12.5 Å². The minimum Gasteiger partial charge on any atom is -0.325 e. The number of likely N-dealkylation sites (tertiary alicyclic amines) is 1. The van der Waals surface area contributed by atoms with Gasteiger partial charge in [-0.2, -0.15) is 5.26 Å². The van der Waals surface area contributed by atoms with E-state index in [-0.39, 0.29) is 31.3 Å². The van der Waals surface area contributed by atoms with Crippen LogP contribution in [0, 0.1) is 17.2 Å². The second-order valence-electron chi connectivity index (χ2n) is 5.96. The van der Waals surface area contributed by atoms with Crippen LogP contribution in [0.4, 0.5) is 5.69 Å². The Hall–Kier alpha value is -1.81. The van der Waals surface area contributed by atoms with Gasteiger partial charge in [0.25, 0.3) is 0 Å². The molecule has 2 unspecified atom stereocenters. The average Bonchev–Trinajstić information content (AvgIpc) is 2.98. The topological polar surface area (TPSA) is 67.7 Å². The third kappa shape index (κ3) is 4.18. The van der Waals surface area contributed by atoms with Crippen LogP contribution in [0.1, 0.15) is 6.42 Å². The van der Waals surface area contributed by atoms with Crippen LogP contribution in [0.3, 0.4) is 0 Å². The second-order valence-corrected chi connectivity index (χ2v) is 6.73. The zero-order chi connectivity index (χ0) is 17.9. The predicted octanol–water partition coefficient (Wildman–Crippen LogP) is 2.13. The Balaban J connectivity index is 2.09. The molecule has 1 fully saturated rings. The highest BCUT2D eigenvalue weighted by Crippen LogP contribution is 2.28. The lowest BCUT2D eigenvalue weighted by molar-refractivity contribution is -0.132. The molecule has 2 atom stereocenters. The van der Waals surface area contributed by atoms with Gasteiger partial charge in [-0.05, 0) is 44.8 Å². The summed E-state index contributed by atoms with van der Waals surface area (Å²) < 4.78 is 1.02. The van der Waals surface area contributed by atoms with E-state index < -0.39 is 12.0 Å². The molecule has 1 aliphatic heterocycles. The molecule has 24 heavy (non-hydrogen) atoms. The number of benzene rings is 1. The molecule has 0 aromatic heterocycles. The Labute approximate surface area is 151 Å². The van der Waals surface area contributed by atoms with Crippen molar-refractivity contribution in [3.63, 3.8) is 0 Å². The molecule has 1 heterocycles. The van der Waals surface area contributed by atoms with Gasteiger partial charge in [0.2, 0.25) is 11.8 Å². The van der Waals surface area contributed by atoms with Gasteiger partial charge in [-0.15, -0.1) is 0 Å². The molecule has 0 N–H and O–H groups in total. The second kappa shape index (κ2) is 7.84. The molecular formula is C16H18Cl2N4O2. The van der Waals surface area contributed by atoms with Crippen molar-refractivity contribution in [2.24, 2.45) is 5.92 Å². The molecule has 8 heteroatoms. The molecule has 1 aromatic carbocycles. The molecular weight excluding hydrogens is 351 g/mol. The molecule has 1 saturated heterocycles. The molecule has 128 valence electrons. The third-order valence-corrected chi connectivity index (χ3v) is 4.43. The highest BCUT2D eigenvalue weighted by atomic mass is 35.5. The summed E-state index contributed by atoms with van der Waals surface area (Å²) in [7, 11) is 3.55. The van der Waals surface area contributed by atoms with Crippen molar-refractivity contribution in [3.8, 4) is 6.07 Å². The summed E-state index contributed by atoms with van der Waals surface area (Å²) in [6, 6.07) is 8.04. The number of anilines is 1. The highest BCUT2D eigenvalue weighted by Gasteiger charge is 2.40. The number of halogens is 2. The van der Waals surface area contributed by atoms with Crippen molar-refractivity contribution >= 4 is 40.9 Å². The summed E-state index contributed by atoms with van der Waals surface area (Å²) in [6.45, 7) is 0.390. The van der Waals surface area contributed by atoms with E-state index in [4.69, 9.17) is 23.4 Å². The lowest BCUT2D eigenvalue weighted by atomic mass is 10.1. The number of hydrogen-bond donors (Lipinski definition) is 0. The lowest BCUT2D eigenvalue weighted by Crippen LogP contribution is -2.41. The minimum atomic E-state index is -0.610. The lowest BCUT2D eigenvalue weighted by Gasteiger charge is -2.22. The van der Waals surface area contributed by atoms with Crippen molar-refractivity contribution < 1.29 is 9.59 Å². The molecule has 2 amide bonds. The van der Waals surface area contributed by atoms with Crippen LogP contribution in [0.2, 0.25) is 5.02 Å². The molecule has 0 saturated carbocycles. The van der Waals surface area contributed by atoms with Gasteiger partial charge in [-0.25, -0.2) is 4.42 Å². The number of likely N-dealkylation sites (N-methyl/N-ethyl adjacent to an activating group) is 1. The summed E-state index contributed by atoms with van der Waals surface area (Å²) in [5, 5.41) is 9.82. The molecule has 0 spiro atoms. The van der Waals surface area contributed by atoms with Crippen molar-refractivity contribution in [1.29, 1.82) is 5.26 Å². The number of amides is 2. The van der Waals surface area contributed by atoms with E-state index >= 15 is 0 Å². The first-order chi connectivity index (χ1) is 11.3. The summed E-state index contributed by atoms with van der Waals surface area (Å²) >= 11 is 12.0. The van der Waals surface area contributed by atoms with E-state index in [1.54, 1.807) is 43.3 Å². The van der Waals surface area contributed by atoms with Crippen LogP contribution in [-0.2, 0) is 9.59 Å². The predicted molar refractivity (Wildman–Crippen MR) is 92.6 cm³/mol. The van der Waals surface area contributed by atoms with E-state index in [1.807, 2.05) is 0 Å². The summed E-state index contributed by atoms with van der Waals surface area (Å²) in [5.41, 5.74) is 0.498. The van der Waals surface area contributed by atoms with Gasteiger partial charge in [0, 0.05) is 23.3 Å². The number of hydrogen-bond acceptors (Lipinski definition) is 4. The summed E-state index contributed by atoms with van der Waals surface area (Å²) in [6.07, 6.45) is 0.283. The van der Waals surface area contributed by atoms with Crippen LogP contribution in [0.5, 0.6) is 0 Å². The Morgan fingerprint density at radius 2 is 1.96 bits per heavy atom. The highest BCUT2D eigenvalue weighted by molar-refractivity contribution is 6.37. The Bertz CT molecular complexity index is 657. The molecule has 1 aromatic rings. The number of nitrogens with zero attached hydrogens (tertiary/aromatic N) is 4. The molecule has 1 aliphatic rings. The summed E-state index contributed by atoms with van der Waals surface area (Å²) in [5.74, 6) is -1.01. The van der Waals surface area contributed by atoms with E-state index in [9.17, 15) is 14.9 Å². The van der Waals surface area contributed by atoms with E-state index in [2.05, 4.69) is 6.07 Å². The average molecular weight is 369 g/mol. The van der Waals surface area contributed by atoms with Crippen LogP contribution < -0.4 is 4.42 Å². The Morgan fingerprint density at radius 1 is 1.33 bits per heavy atom. The minimum absolute atomic E-state index is 0.172. The van der Waals surface area contributed by atoms with Gasteiger partial charge in [0.15, 0.2) is 0 Å². The van der Waals surface area contributed by atoms with E-state index in [1.165, 1.54) is 4.90 Å². The zero-order valence-corrected chi connectivity index (χ0v) is 15.0. The largest absolute Gasteiger partial charge is 0.325 e. The molecule has 0 aliphatic carbocycles. The zero-order valence-electron chi connectivity index (χ0n) is 13.4. The fraction of sp³-hybridized carbons (Fsp3) is 0.438. The van der Waals surface area contributed by atoms with Crippen LogP contribution in [0.25, 0.3) is 0 Å². The van der Waals surface area contributed by atoms with Crippen LogP contribution >= 0.6 is 23.4 Å². The number of carbonyl (C=O) groups excluding carboxylic acids is 2. The van der Waals surface area contributed by atoms with Crippen molar-refractivity contribution in [3.05, 3.63) is 29.3 Å². The first-order valence-electron chi connectivity index (χ1n) is 7.42. The normalized spacial score (nSPS) is 20.1. The maximum Gasteiger partial charge on any atom is 0.246 e. The van der Waals surface area contributed by atoms with Crippen molar-refractivity contribution in [2.75, 3.05) is 31.6 Å². The van der Waals surface area contributed by atoms with Gasteiger partial charge in [0.05, 0.1) is 24.2 Å². The van der Waals surface area contributed by atoms with Crippen LogP contribution in [-0.4, -0.2) is 54.8 Å². The van der Waals surface area contributed by atoms with Gasteiger partial charge in [-0.3, -0.25) is 9.59 Å². The van der Waals surface area contributed by atoms with Gasteiger partial charge >= 0.3 is 0 Å². The Morgan fingerprint density at radius 3 is 2.50 bits per heavy atom. The molecule has 6 nitrogen and oxygen atoms in total. The first kappa shape index (κ1) is 18.5. The maximum absolute atomic E-state index is 12.6. The smallest absolute Gasteiger partial charge is 0.246 e. The van der Waals surface area contributed by atoms with Gasteiger partial charge in [0.1, 0.15) is 6.04 Å². The maximum atomic E-state index is 12.6. The monoisotopic (exact) mass is 368 g/mol. The standard InChI is InChI=1S/C16H18Cl2N4O2/c1-20(2)10-15(23)21-9-11(7-14(21)8-19)16(24)22(18)13-5-3-12(17)4-6-13/h3-6,11,14H,7,9-10H2,1-2H3. The third-order valence-electron chi connectivity index (χ3n) is 3.82. The molecule has 0 radical (unpaired) electrons. The van der Waals surface area contributed by atoms with E-state index in [0.29, 0.717) is 10.7 Å². The first-order valence-corrected chi connectivity index (χ1v) is 8.14. The van der Waals surface area contributed by atoms with Gasteiger partial charge in [-0.1, -0.05) is 11.6 Å². The Kier molecular flexibility index (Phi) is 6.05. The fourth-order valence-electron chi connectivity index (χ4n) is 2.63. The van der Waals surface area contributed by atoms with Crippen LogP contribution in [0.15, 0.2) is 24.3 Å². The SMILES string of the molecule is CN(C)CC(=O)N1CC(C(=O)N(Cl)c2ccc(Cl)cc2)CC1C#N. The van der Waals surface area contributed by atoms with E-state index in [0.717, 1.165) is 4.42 Å². The van der Waals surface area contributed by atoms with Gasteiger partial charge < -0.3 is 9.80 Å². The number of rotatable bonds is 4. The quantitative estimate of drug-likeness (QED) is 0.763. The number of carbonyl (C=O) groups is 2. The summed E-state index contributed by atoms with van der Waals surface area (Å²) in [4.78, 5) is 28.0. The molecule has 2 rings (SSSR count).